The predicted molar refractivity (Wildman–Crippen MR) is 131 cm³/mol. The molecule has 0 aliphatic carbocycles. The van der Waals surface area contributed by atoms with Crippen molar-refractivity contribution in [2.24, 2.45) is 5.92 Å². The summed E-state index contributed by atoms with van der Waals surface area (Å²) < 4.78 is 27.9. The standard InChI is InChI=1S/C25H33N3O4S/c1-17(2)15-24(29)26-20-9-11-21(12-10-20)27-25(30)23-16-22(13-8-18(23)3)33(31,32)28-14-6-5-7-19(28)4/h8-13,16-17,19H,5-7,14-15H2,1-4H3,(H,26,29)(H,27,30). The SMILES string of the molecule is Cc1ccc(S(=O)(=O)N2CCCCC2C)cc1C(=O)Nc1ccc(NC(=O)CC(C)C)cc1. The molecule has 1 atom stereocenters. The van der Waals surface area contributed by atoms with Gasteiger partial charge in [0.1, 0.15) is 0 Å². The average Bonchev–Trinajstić information content (AvgIpc) is 2.74. The van der Waals surface area contributed by atoms with E-state index in [1.807, 2.05) is 20.8 Å². The number of nitrogens with zero attached hydrogens (tertiary/aromatic N) is 1. The van der Waals surface area contributed by atoms with E-state index >= 15 is 0 Å². The molecule has 1 heterocycles. The summed E-state index contributed by atoms with van der Waals surface area (Å²) in [6.45, 7) is 8.16. The van der Waals surface area contributed by atoms with Crippen LogP contribution in [0, 0.1) is 12.8 Å². The first-order valence-electron chi connectivity index (χ1n) is 11.4. The number of hydrogen-bond donors (Lipinski definition) is 2. The summed E-state index contributed by atoms with van der Waals surface area (Å²) in [7, 11) is -3.67. The highest BCUT2D eigenvalue weighted by molar-refractivity contribution is 7.89. The minimum atomic E-state index is -3.67. The van der Waals surface area contributed by atoms with Crippen molar-refractivity contribution in [2.45, 2.75) is 64.3 Å². The zero-order valence-electron chi connectivity index (χ0n) is 19.7. The predicted octanol–water partition coefficient (Wildman–Crippen LogP) is 4.80. The summed E-state index contributed by atoms with van der Waals surface area (Å²) in [5.74, 6) is -0.171. The zero-order valence-corrected chi connectivity index (χ0v) is 20.5. The number of anilines is 2. The van der Waals surface area contributed by atoms with Gasteiger partial charge in [0.05, 0.1) is 4.90 Å². The van der Waals surface area contributed by atoms with Gasteiger partial charge in [0.15, 0.2) is 0 Å². The fourth-order valence-electron chi connectivity index (χ4n) is 3.99. The summed E-state index contributed by atoms with van der Waals surface area (Å²) in [4.78, 5) is 25.0. The van der Waals surface area contributed by atoms with E-state index in [4.69, 9.17) is 0 Å². The first kappa shape index (κ1) is 24.9. The van der Waals surface area contributed by atoms with Crippen molar-refractivity contribution in [1.29, 1.82) is 0 Å². The van der Waals surface area contributed by atoms with Crippen LogP contribution in [-0.4, -0.2) is 37.1 Å². The van der Waals surface area contributed by atoms with Gasteiger partial charge in [-0.25, -0.2) is 8.42 Å². The van der Waals surface area contributed by atoms with Crippen LogP contribution in [-0.2, 0) is 14.8 Å². The van der Waals surface area contributed by atoms with Gasteiger partial charge in [-0.05, 0) is 74.6 Å². The maximum absolute atomic E-state index is 13.2. The number of benzene rings is 2. The minimum absolute atomic E-state index is 0.0538. The Bertz CT molecular complexity index is 1110. The number of hydrogen-bond acceptors (Lipinski definition) is 4. The fraction of sp³-hybridized carbons (Fsp3) is 0.440. The van der Waals surface area contributed by atoms with E-state index in [0.717, 1.165) is 19.3 Å². The van der Waals surface area contributed by atoms with Crippen LogP contribution in [0.5, 0.6) is 0 Å². The van der Waals surface area contributed by atoms with Crippen LogP contribution >= 0.6 is 0 Å². The molecule has 8 heteroatoms. The number of sulfonamides is 1. The Kier molecular flexibility index (Phi) is 7.92. The van der Waals surface area contributed by atoms with E-state index in [9.17, 15) is 18.0 Å². The Balaban J connectivity index is 1.74. The molecule has 178 valence electrons. The summed E-state index contributed by atoms with van der Waals surface area (Å²) >= 11 is 0. The molecule has 33 heavy (non-hydrogen) atoms. The van der Waals surface area contributed by atoms with Crippen molar-refractivity contribution in [3.8, 4) is 0 Å². The van der Waals surface area contributed by atoms with Crippen LogP contribution in [0.1, 0.15) is 62.4 Å². The highest BCUT2D eigenvalue weighted by Gasteiger charge is 2.31. The molecule has 1 aliphatic heterocycles. The second-order valence-electron chi connectivity index (χ2n) is 9.11. The molecule has 0 radical (unpaired) electrons. The Morgan fingerprint density at radius 1 is 1.03 bits per heavy atom. The molecule has 2 aromatic carbocycles. The lowest BCUT2D eigenvalue weighted by Crippen LogP contribution is -2.42. The van der Waals surface area contributed by atoms with Crippen LogP contribution in [0.3, 0.4) is 0 Å². The molecular weight excluding hydrogens is 438 g/mol. The van der Waals surface area contributed by atoms with Crippen molar-refractivity contribution in [3.63, 3.8) is 0 Å². The lowest BCUT2D eigenvalue weighted by Gasteiger charge is -2.32. The molecular formula is C25H33N3O4S. The minimum Gasteiger partial charge on any atom is -0.326 e. The molecule has 0 aromatic heterocycles. The second-order valence-corrected chi connectivity index (χ2v) is 11.0. The van der Waals surface area contributed by atoms with Gasteiger partial charge >= 0.3 is 0 Å². The quantitative estimate of drug-likeness (QED) is 0.607. The Morgan fingerprint density at radius 2 is 1.67 bits per heavy atom. The number of carbonyl (C=O) groups excluding carboxylic acids is 2. The van der Waals surface area contributed by atoms with Crippen molar-refractivity contribution in [2.75, 3.05) is 17.2 Å². The molecule has 0 bridgehead atoms. The first-order valence-corrected chi connectivity index (χ1v) is 12.9. The summed E-state index contributed by atoms with van der Waals surface area (Å²) in [6, 6.07) is 11.5. The zero-order chi connectivity index (χ0) is 24.2. The van der Waals surface area contributed by atoms with Crippen molar-refractivity contribution in [3.05, 3.63) is 53.6 Å². The molecule has 3 rings (SSSR count). The molecule has 1 fully saturated rings. The van der Waals surface area contributed by atoms with Gasteiger partial charge in [-0.15, -0.1) is 0 Å². The second kappa shape index (κ2) is 10.5. The van der Waals surface area contributed by atoms with Gasteiger partial charge in [-0.1, -0.05) is 26.3 Å². The van der Waals surface area contributed by atoms with Gasteiger partial charge in [0, 0.05) is 35.9 Å². The van der Waals surface area contributed by atoms with Crippen molar-refractivity contribution < 1.29 is 18.0 Å². The molecule has 7 nitrogen and oxygen atoms in total. The number of carbonyl (C=O) groups is 2. The molecule has 1 saturated heterocycles. The lowest BCUT2D eigenvalue weighted by molar-refractivity contribution is -0.116. The third-order valence-corrected chi connectivity index (χ3v) is 7.83. The maximum atomic E-state index is 13.2. The van der Waals surface area contributed by atoms with E-state index in [1.54, 1.807) is 43.3 Å². The van der Waals surface area contributed by atoms with E-state index in [2.05, 4.69) is 10.6 Å². The topological polar surface area (TPSA) is 95.6 Å². The third-order valence-electron chi connectivity index (χ3n) is 5.82. The summed E-state index contributed by atoms with van der Waals surface area (Å²) in [5.41, 5.74) is 2.21. The van der Waals surface area contributed by atoms with E-state index in [-0.39, 0.29) is 28.7 Å². The molecule has 2 N–H and O–H groups in total. The molecule has 2 aromatic rings. The van der Waals surface area contributed by atoms with Gasteiger partial charge in [-0.2, -0.15) is 4.31 Å². The molecule has 2 amide bonds. The van der Waals surface area contributed by atoms with Crippen LogP contribution in [0.25, 0.3) is 0 Å². The fourth-order valence-corrected chi connectivity index (χ4v) is 5.71. The molecule has 1 aliphatic rings. The molecule has 0 spiro atoms. The van der Waals surface area contributed by atoms with Gasteiger partial charge in [0.2, 0.25) is 15.9 Å². The van der Waals surface area contributed by atoms with Gasteiger partial charge in [-0.3, -0.25) is 9.59 Å². The Hall–Kier alpha value is -2.71. The van der Waals surface area contributed by atoms with E-state index in [0.29, 0.717) is 35.5 Å². The largest absolute Gasteiger partial charge is 0.326 e. The highest BCUT2D eigenvalue weighted by atomic mass is 32.2. The van der Waals surface area contributed by atoms with Crippen molar-refractivity contribution >= 4 is 33.2 Å². The van der Waals surface area contributed by atoms with Crippen LogP contribution in [0.4, 0.5) is 11.4 Å². The third kappa shape index (κ3) is 6.21. The van der Waals surface area contributed by atoms with Gasteiger partial charge < -0.3 is 10.6 Å². The number of amides is 2. The van der Waals surface area contributed by atoms with E-state index < -0.39 is 10.0 Å². The molecule has 0 saturated carbocycles. The summed E-state index contributed by atoms with van der Waals surface area (Å²) in [5, 5.41) is 5.65. The lowest BCUT2D eigenvalue weighted by atomic mass is 10.1. The number of nitrogens with one attached hydrogen (secondary N) is 2. The number of rotatable bonds is 7. The van der Waals surface area contributed by atoms with E-state index in [1.165, 1.54) is 10.4 Å². The van der Waals surface area contributed by atoms with Crippen LogP contribution < -0.4 is 10.6 Å². The Labute approximate surface area is 196 Å². The monoisotopic (exact) mass is 471 g/mol. The molecule has 1 unspecified atom stereocenters. The first-order chi connectivity index (χ1) is 15.6. The average molecular weight is 472 g/mol. The normalized spacial score (nSPS) is 17.1. The number of piperidine rings is 1. The maximum Gasteiger partial charge on any atom is 0.255 e. The van der Waals surface area contributed by atoms with Gasteiger partial charge in [0.25, 0.3) is 5.91 Å². The van der Waals surface area contributed by atoms with Crippen molar-refractivity contribution in [1.82, 2.24) is 4.31 Å². The number of aryl methyl sites for hydroxylation is 1. The Morgan fingerprint density at radius 3 is 2.27 bits per heavy atom. The van der Waals surface area contributed by atoms with Crippen LogP contribution in [0.15, 0.2) is 47.4 Å². The summed E-state index contributed by atoms with van der Waals surface area (Å²) in [6.07, 6.45) is 3.14. The highest BCUT2D eigenvalue weighted by Crippen LogP contribution is 2.27. The van der Waals surface area contributed by atoms with Crippen LogP contribution in [0.2, 0.25) is 0 Å². The smallest absolute Gasteiger partial charge is 0.255 e.